The van der Waals surface area contributed by atoms with Gasteiger partial charge in [-0.1, -0.05) is 13.8 Å². The van der Waals surface area contributed by atoms with Gasteiger partial charge >= 0.3 is 0 Å². The van der Waals surface area contributed by atoms with Crippen molar-refractivity contribution in [3.8, 4) is 16.6 Å². The summed E-state index contributed by atoms with van der Waals surface area (Å²) in [5, 5.41) is 11.6. The Labute approximate surface area is 206 Å². The van der Waals surface area contributed by atoms with Crippen LogP contribution in [-0.2, 0) is 6.42 Å². The smallest absolute Gasteiger partial charge is 0.257 e. The van der Waals surface area contributed by atoms with Crippen LogP contribution in [0.3, 0.4) is 0 Å². The molecule has 1 saturated carbocycles. The van der Waals surface area contributed by atoms with Crippen LogP contribution in [0.1, 0.15) is 42.6 Å². The minimum atomic E-state index is -0.242. The third kappa shape index (κ3) is 5.84. The molecule has 0 unspecified atom stereocenters. The zero-order valence-electron chi connectivity index (χ0n) is 19.0. The molecule has 3 heterocycles. The Kier molecular flexibility index (Phi) is 6.64. The molecule has 4 aromatic rings. The molecule has 1 aliphatic carbocycles. The minimum absolute atomic E-state index is 0.242. The second-order valence-corrected chi connectivity index (χ2v) is 10.8. The van der Waals surface area contributed by atoms with E-state index in [1.54, 1.807) is 35.4 Å². The van der Waals surface area contributed by atoms with E-state index < -0.39 is 0 Å². The molecule has 5 rings (SSSR count). The molecule has 0 saturated heterocycles. The first-order valence-corrected chi connectivity index (χ1v) is 13.0. The van der Waals surface area contributed by atoms with E-state index in [9.17, 15) is 4.79 Å². The number of anilines is 1. The van der Waals surface area contributed by atoms with E-state index in [0.29, 0.717) is 34.0 Å². The number of thioether (sulfide) groups is 1. The lowest BCUT2D eigenvalue weighted by Gasteiger charge is -2.12. The van der Waals surface area contributed by atoms with Gasteiger partial charge in [0, 0.05) is 34.7 Å². The number of hydrogen-bond donors (Lipinski definition) is 1. The average molecular weight is 492 g/mol. The number of amides is 1. The van der Waals surface area contributed by atoms with E-state index in [1.165, 1.54) is 24.2 Å². The van der Waals surface area contributed by atoms with Crippen LogP contribution in [0.2, 0.25) is 0 Å². The first-order valence-electron chi connectivity index (χ1n) is 11.2. The molecule has 1 fully saturated rings. The van der Waals surface area contributed by atoms with Crippen molar-refractivity contribution in [1.29, 1.82) is 0 Å². The van der Waals surface area contributed by atoms with Crippen LogP contribution >= 0.6 is 23.1 Å². The minimum Gasteiger partial charge on any atom is -0.456 e. The Bertz CT molecular complexity index is 1260. The van der Waals surface area contributed by atoms with Crippen molar-refractivity contribution in [2.75, 3.05) is 5.32 Å². The van der Waals surface area contributed by atoms with Crippen LogP contribution in [-0.4, -0.2) is 30.9 Å². The summed E-state index contributed by atoms with van der Waals surface area (Å²) in [6.45, 7) is 4.30. The monoisotopic (exact) mass is 491 g/mol. The first kappa shape index (κ1) is 22.6. The summed E-state index contributed by atoms with van der Waals surface area (Å²) >= 11 is 3.29. The van der Waals surface area contributed by atoms with Crippen LogP contribution < -0.4 is 10.1 Å². The number of thiazole rings is 1. The van der Waals surface area contributed by atoms with Crippen molar-refractivity contribution < 1.29 is 9.53 Å². The molecule has 9 heteroatoms. The highest BCUT2D eigenvalue weighted by atomic mass is 32.2. The highest BCUT2D eigenvalue weighted by Crippen LogP contribution is 2.38. The van der Waals surface area contributed by atoms with Crippen LogP contribution in [0, 0.1) is 5.92 Å². The van der Waals surface area contributed by atoms with Crippen molar-refractivity contribution in [1.82, 2.24) is 19.7 Å². The number of benzene rings is 1. The van der Waals surface area contributed by atoms with Crippen molar-refractivity contribution in [2.45, 2.75) is 43.4 Å². The van der Waals surface area contributed by atoms with E-state index >= 15 is 0 Å². The van der Waals surface area contributed by atoms with Crippen LogP contribution in [0.5, 0.6) is 11.5 Å². The quantitative estimate of drug-likeness (QED) is 0.299. The average Bonchev–Trinajstić information content (AvgIpc) is 3.25. The van der Waals surface area contributed by atoms with Gasteiger partial charge in [0.2, 0.25) is 5.13 Å². The van der Waals surface area contributed by atoms with Gasteiger partial charge in [-0.15, -0.1) is 28.2 Å². The third-order valence-corrected chi connectivity index (χ3v) is 7.12. The summed E-state index contributed by atoms with van der Waals surface area (Å²) in [7, 11) is 0. The Morgan fingerprint density at radius 3 is 2.79 bits per heavy atom. The molecule has 1 N–H and O–H groups in total. The second-order valence-electron chi connectivity index (χ2n) is 8.63. The summed E-state index contributed by atoms with van der Waals surface area (Å²) < 4.78 is 7.73. The largest absolute Gasteiger partial charge is 0.456 e. The number of carbonyl (C=O) groups is 1. The molecule has 1 aliphatic rings. The molecule has 34 heavy (non-hydrogen) atoms. The summed E-state index contributed by atoms with van der Waals surface area (Å²) in [6, 6.07) is 11.3. The second kappa shape index (κ2) is 9.99. The van der Waals surface area contributed by atoms with Crippen LogP contribution in [0.4, 0.5) is 5.82 Å². The molecule has 7 nitrogen and oxygen atoms in total. The summed E-state index contributed by atoms with van der Waals surface area (Å²) in [6.07, 6.45) is 8.61. The van der Waals surface area contributed by atoms with Gasteiger partial charge in [0.05, 0.1) is 11.2 Å². The van der Waals surface area contributed by atoms with Gasteiger partial charge in [-0.3, -0.25) is 4.79 Å². The summed E-state index contributed by atoms with van der Waals surface area (Å²) in [4.78, 5) is 21.8. The van der Waals surface area contributed by atoms with Crippen molar-refractivity contribution >= 4 is 34.8 Å². The predicted octanol–water partition coefficient (Wildman–Crippen LogP) is 6.22. The highest BCUT2D eigenvalue weighted by molar-refractivity contribution is 8.00. The lowest BCUT2D eigenvalue weighted by atomic mass is 10.0. The molecule has 1 amide bonds. The molecular weight excluding hydrogens is 466 g/mol. The van der Waals surface area contributed by atoms with E-state index in [2.05, 4.69) is 34.2 Å². The highest BCUT2D eigenvalue weighted by Gasteiger charge is 2.23. The molecule has 1 aromatic carbocycles. The number of nitrogens with zero attached hydrogens (tertiary/aromatic N) is 4. The van der Waals surface area contributed by atoms with Gasteiger partial charge in [-0.25, -0.2) is 14.6 Å². The Morgan fingerprint density at radius 1 is 1.21 bits per heavy atom. The Hall–Kier alpha value is -3.17. The Morgan fingerprint density at radius 2 is 2.09 bits per heavy atom. The van der Waals surface area contributed by atoms with E-state index in [-0.39, 0.29) is 5.91 Å². The SMILES string of the molecule is CC(C)Cc1cc(Oc2ccc(SC3CC3)nc2)cc(C(=O)Nc2ccn(-c3nccs3)n2)c1. The molecule has 3 aromatic heterocycles. The number of ether oxygens (including phenoxy) is 1. The topological polar surface area (TPSA) is 81.9 Å². The number of rotatable bonds is 9. The molecule has 0 radical (unpaired) electrons. The fourth-order valence-electron chi connectivity index (χ4n) is 3.44. The lowest BCUT2D eigenvalue weighted by Crippen LogP contribution is -2.13. The van der Waals surface area contributed by atoms with E-state index in [1.807, 2.05) is 41.4 Å². The molecule has 0 spiro atoms. The standard InChI is InChI=1S/C25H25N5O2S2/c1-16(2)11-17-12-18(24(31)28-22-7-9-30(29-22)25-26-8-10-33-25)14-20(13-17)32-19-3-6-23(27-15-19)34-21-4-5-21/h3,6-10,12-16,21H,4-5,11H2,1-2H3,(H,28,29,31). The first-order chi connectivity index (χ1) is 16.5. The number of aromatic nitrogens is 4. The maximum atomic E-state index is 13.1. The van der Waals surface area contributed by atoms with Crippen molar-refractivity contribution in [2.24, 2.45) is 5.92 Å². The molecule has 0 aliphatic heterocycles. The van der Waals surface area contributed by atoms with Crippen LogP contribution in [0.25, 0.3) is 5.13 Å². The fourth-order valence-corrected chi connectivity index (χ4v) is 4.99. The van der Waals surface area contributed by atoms with Crippen molar-refractivity contribution in [3.05, 3.63) is 71.5 Å². The Balaban J connectivity index is 1.33. The lowest BCUT2D eigenvalue weighted by molar-refractivity contribution is 0.102. The molecular formula is C25H25N5O2S2. The molecule has 0 atom stereocenters. The van der Waals surface area contributed by atoms with Gasteiger partial charge in [0.25, 0.3) is 5.91 Å². The van der Waals surface area contributed by atoms with Gasteiger partial charge < -0.3 is 10.1 Å². The normalized spacial score (nSPS) is 13.3. The van der Waals surface area contributed by atoms with E-state index in [4.69, 9.17) is 4.74 Å². The fraction of sp³-hybridized carbons (Fsp3) is 0.280. The summed E-state index contributed by atoms with van der Waals surface area (Å²) in [5.74, 6) is 1.93. The molecule has 0 bridgehead atoms. The number of nitrogens with one attached hydrogen (secondary N) is 1. The van der Waals surface area contributed by atoms with Gasteiger partial charge in [0.1, 0.15) is 11.5 Å². The zero-order valence-corrected chi connectivity index (χ0v) is 20.6. The van der Waals surface area contributed by atoms with Gasteiger partial charge in [0.15, 0.2) is 5.82 Å². The molecule has 174 valence electrons. The van der Waals surface area contributed by atoms with Gasteiger partial charge in [-0.05, 0) is 61.1 Å². The number of carbonyl (C=O) groups excluding carboxylic acids is 1. The maximum Gasteiger partial charge on any atom is 0.257 e. The zero-order chi connectivity index (χ0) is 23.5. The predicted molar refractivity (Wildman–Crippen MR) is 135 cm³/mol. The van der Waals surface area contributed by atoms with Gasteiger partial charge in [-0.2, -0.15) is 0 Å². The van der Waals surface area contributed by atoms with Crippen molar-refractivity contribution in [3.63, 3.8) is 0 Å². The third-order valence-electron chi connectivity index (χ3n) is 5.08. The number of hydrogen-bond acceptors (Lipinski definition) is 7. The van der Waals surface area contributed by atoms with Crippen LogP contribution in [0.15, 0.2) is 65.4 Å². The number of pyridine rings is 1. The summed E-state index contributed by atoms with van der Waals surface area (Å²) in [5.41, 5.74) is 1.56. The van der Waals surface area contributed by atoms with E-state index in [0.717, 1.165) is 22.1 Å². The maximum absolute atomic E-state index is 13.1.